The van der Waals surface area contributed by atoms with Crippen LogP contribution < -0.4 is 15.4 Å². The fraction of sp³-hybridized carbons (Fsp3) is 0.130. The summed E-state index contributed by atoms with van der Waals surface area (Å²) in [4.78, 5) is 32.7. The lowest BCUT2D eigenvalue weighted by atomic mass is 10.1. The number of amides is 1. The molecule has 2 aromatic heterocycles. The predicted octanol–water partition coefficient (Wildman–Crippen LogP) is 4.23. The monoisotopic (exact) mass is 448 g/mol. The summed E-state index contributed by atoms with van der Waals surface area (Å²) in [6.07, 6.45) is 0. The van der Waals surface area contributed by atoms with Crippen LogP contribution in [0.25, 0.3) is 21.3 Å². The van der Waals surface area contributed by atoms with Crippen LogP contribution in [0.3, 0.4) is 0 Å². The van der Waals surface area contributed by atoms with Gasteiger partial charge in [-0.25, -0.2) is 9.97 Å². The van der Waals surface area contributed by atoms with Crippen molar-refractivity contribution in [2.24, 2.45) is 0 Å². The van der Waals surface area contributed by atoms with E-state index in [1.807, 2.05) is 31.2 Å². The highest BCUT2D eigenvalue weighted by molar-refractivity contribution is 7.17. The predicted molar refractivity (Wildman–Crippen MR) is 124 cm³/mol. The fourth-order valence-electron chi connectivity index (χ4n) is 3.22. The number of benzene rings is 2. The van der Waals surface area contributed by atoms with Crippen molar-refractivity contribution in [1.82, 2.24) is 15.3 Å². The first-order valence-corrected chi connectivity index (χ1v) is 10.6. The number of hydrogen-bond acceptors (Lipinski definition) is 7. The summed E-state index contributed by atoms with van der Waals surface area (Å²) in [6, 6.07) is 14.6. The Balaban J connectivity index is 1.64. The first-order valence-electron chi connectivity index (χ1n) is 9.72. The highest BCUT2D eigenvalue weighted by atomic mass is 32.1. The molecule has 8 nitrogen and oxygen atoms in total. The standard InChI is InChI=1S/C23H20N4O4S/c1-13-25-21(27-16-7-3-15(4-8-16)22(30)24-11-19(28)29)20-18(12-32-23(20)26-13)14-5-9-17(31-2)10-6-14/h3-10,12H,11H2,1-2H3,(H,24,30)(H,28,29)(H,25,26,27). The summed E-state index contributed by atoms with van der Waals surface area (Å²) in [6.45, 7) is 1.41. The molecular formula is C23H20N4O4S. The molecule has 32 heavy (non-hydrogen) atoms. The van der Waals surface area contributed by atoms with Crippen molar-refractivity contribution in [3.05, 3.63) is 65.3 Å². The largest absolute Gasteiger partial charge is 0.497 e. The molecule has 4 aromatic rings. The van der Waals surface area contributed by atoms with Gasteiger partial charge in [-0.1, -0.05) is 12.1 Å². The Morgan fingerprint density at radius 2 is 1.78 bits per heavy atom. The zero-order valence-corrected chi connectivity index (χ0v) is 18.2. The minimum Gasteiger partial charge on any atom is -0.497 e. The van der Waals surface area contributed by atoms with E-state index in [-0.39, 0.29) is 0 Å². The fourth-order valence-corrected chi connectivity index (χ4v) is 4.21. The smallest absolute Gasteiger partial charge is 0.322 e. The molecule has 0 fully saturated rings. The number of aryl methyl sites for hydroxylation is 1. The molecule has 0 radical (unpaired) electrons. The Morgan fingerprint density at radius 1 is 1.06 bits per heavy atom. The lowest BCUT2D eigenvalue weighted by Gasteiger charge is -2.11. The van der Waals surface area contributed by atoms with E-state index in [4.69, 9.17) is 9.84 Å². The van der Waals surface area contributed by atoms with Crippen molar-refractivity contribution < 1.29 is 19.4 Å². The van der Waals surface area contributed by atoms with E-state index >= 15 is 0 Å². The molecule has 162 valence electrons. The molecule has 2 heterocycles. The van der Waals surface area contributed by atoms with E-state index < -0.39 is 18.4 Å². The van der Waals surface area contributed by atoms with Crippen LogP contribution in [0.15, 0.2) is 53.9 Å². The van der Waals surface area contributed by atoms with E-state index in [0.29, 0.717) is 17.2 Å². The number of rotatable bonds is 7. The summed E-state index contributed by atoms with van der Waals surface area (Å²) >= 11 is 1.55. The van der Waals surface area contributed by atoms with Gasteiger partial charge < -0.3 is 20.5 Å². The number of ether oxygens (including phenoxy) is 1. The molecule has 1 amide bonds. The van der Waals surface area contributed by atoms with E-state index in [1.165, 1.54) is 0 Å². The Hall–Kier alpha value is -3.98. The first kappa shape index (κ1) is 21.3. The van der Waals surface area contributed by atoms with E-state index in [9.17, 15) is 9.59 Å². The normalized spacial score (nSPS) is 10.7. The number of hydrogen-bond donors (Lipinski definition) is 3. The van der Waals surface area contributed by atoms with Gasteiger partial charge in [-0.15, -0.1) is 11.3 Å². The number of methoxy groups -OCH3 is 1. The maximum atomic E-state index is 12.0. The highest BCUT2D eigenvalue weighted by Gasteiger charge is 2.15. The average Bonchev–Trinajstić information content (AvgIpc) is 3.22. The van der Waals surface area contributed by atoms with Gasteiger partial charge in [0.1, 0.15) is 28.8 Å². The number of carbonyl (C=O) groups is 2. The average molecular weight is 449 g/mol. The zero-order valence-electron chi connectivity index (χ0n) is 17.4. The summed E-state index contributed by atoms with van der Waals surface area (Å²) in [5.41, 5.74) is 3.15. The van der Waals surface area contributed by atoms with Crippen molar-refractivity contribution in [3.63, 3.8) is 0 Å². The zero-order chi connectivity index (χ0) is 22.7. The van der Waals surface area contributed by atoms with Crippen LogP contribution in [-0.2, 0) is 4.79 Å². The van der Waals surface area contributed by atoms with E-state index in [2.05, 4.69) is 26.0 Å². The highest BCUT2D eigenvalue weighted by Crippen LogP contribution is 2.38. The molecule has 0 aliphatic heterocycles. The van der Waals surface area contributed by atoms with Crippen molar-refractivity contribution >= 4 is 44.9 Å². The SMILES string of the molecule is COc1ccc(-c2csc3nc(C)nc(Nc4ccc(C(=O)NCC(=O)O)cc4)c23)cc1. The van der Waals surface area contributed by atoms with Gasteiger partial charge in [-0.2, -0.15) is 0 Å². The Labute approximate surface area is 187 Å². The number of thiophene rings is 1. The van der Waals surface area contributed by atoms with Crippen LogP contribution in [0.5, 0.6) is 5.75 Å². The number of anilines is 2. The molecule has 0 aliphatic carbocycles. The van der Waals surface area contributed by atoms with Crippen molar-refractivity contribution in [3.8, 4) is 16.9 Å². The van der Waals surface area contributed by atoms with Gasteiger partial charge in [-0.05, 0) is 48.9 Å². The van der Waals surface area contributed by atoms with Crippen LogP contribution in [0.1, 0.15) is 16.2 Å². The Morgan fingerprint density at radius 3 is 2.44 bits per heavy atom. The minimum atomic E-state index is -1.09. The van der Waals surface area contributed by atoms with E-state index in [0.717, 1.165) is 32.8 Å². The molecule has 2 aromatic carbocycles. The maximum Gasteiger partial charge on any atom is 0.322 e. The number of carbonyl (C=O) groups excluding carboxylic acids is 1. The number of aromatic nitrogens is 2. The summed E-state index contributed by atoms with van der Waals surface area (Å²) in [5.74, 6) is 0.559. The lowest BCUT2D eigenvalue weighted by molar-refractivity contribution is -0.135. The molecule has 0 bridgehead atoms. The van der Waals surface area contributed by atoms with Crippen LogP contribution >= 0.6 is 11.3 Å². The van der Waals surface area contributed by atoms with Crippen molar-refractivity contribution in [2.45, 2.75) is 6.92 Å². The molecule has 9 heteroatoms. The molecule has 0 aliphatic rings. The molecule has 0 saturated carbocycles. The maximum absolute atomic E-state index is 12.0. The van der Waals surface area contributed by atoms with Gasteiger partial charge in [-0.3, -0.25) is 9.59 Å². The van der Waals surface area contributed by atoms with Gasteiger partial charge in [0.25, 0.3) is 5.91 Å². The third-order valence-corrected chi connectivity index (χ3v) is 5.63. The molecule has 0 atom stereocenters. The van der Waals surface area contributed by atoms with E-state index in [1.54, 1.807) is 42.7 Å². The minimum absolute atomic E-state index is 0.371. The van der Waals surface area contributed by atoms with Crippen LogP contribution in [0, 0.1) is 6.92 Å². The van der Waals surface area contributed by atoms with Crippen LogP contribution in [0.2, 0.25) is 0 Å². The second-order valence-electron chi connectivity index (χ2n) is 6.96. The molecule has 0 unspecified atom stereocenters. The van der Waals surface area contributed by atoms with Gasteiger partial charge >= 0.3 is 5.97 Å². The Bertz CT molecular complexity index is 1280. The number of aliphatic carboxylic acids is 1. The molecule has 0 saturated heterocycles. The molecule has 4 rings (SSSR count). The van der Waals surface area contributed by atoms with Gasteiger partial charge in [0.15, 0.2) is 0 Å². The molecule has 0 spiro atoms. The second kappa shape index (κ2) is 9.03. The number of nitrogens with one attached hydrogen (secondary N) is 2. The number of fused-ring (bicyclic) bond motifs is 1. The van der Waals surface area contributed by atoms with Gasteiger partial charge in [0.05, 0.1) is 12.5 Å². The quantitative estimate of drug-likeness (QED) is 0.388. The third kappa shape index (κ3) is 4.52. The Kier molecular flexibility index (Phi) is 6.00. The van der Waals surface area contributed by atoms with Crippen molar-refractivity contribution in [1.29, 1.82) is 0 Å². The van der Waals surface area contributed by atoms with Gasteiger partial charge in [0.2, 0.25) is 0 Å². The molecular weight excluding hydrogens is 428 g/mol. The second-order valence-corrected chi connectivity index (χ2v) is 7.81. The number of carboxylic acids is 1. The third-order valence-electron chi connectivity index (χ3n) is 4.76. The van der Waals surface area contributed by atoms with Gasteiger partial charge in [0, 0.05) is 22.2 Å². The number of carboxylic acid groups (broad SMARTS) is 1. The lowest BCUT2D eigenvalue weighted by Crippen LogP contribution is -2.29. The topological polar surface area (TPSA) is 113 Å². The molecule has 3 N–H and O–H groups in total. The summed E-state index contributed by atoms with van der Waals surface area (Å²) < 4.78 is 5.25. The van der Waals surface area contributed by atoms with Crippen molar-refractivity contribution in [2.75, 3.05) is 19.0 Å². The summed E-state index contributed by atoms with van der Waals surface area (Å²) in [5, 5.41) is 17.3. The van der Waals surface area contributed by atoms with Crippen LogP contribution in [0.4, 0.5) is 11.5 Å². The number of nitrogens with zero attached hydrogens (tertiary/aromatic N) is 2. The summed E-state index contributed by atoms with van der Waals surface area (Å²) in [7, 11) is 1.63. The van der Waals surface area contributed by atoms with Crippen LogP contribution in [-0.4, -0.2) is 40.6 Å². The first-order chi connectivity index (χ1) is 15.4.